The number of hydrogen-bond acceptors (Lipinski definition) is 4. The van der Waals surface area contributed by atoms with Gasteiger partial charge in [0.2, 0.25) is 5.91 Å². The highest BCUT2D eigenvalue weighted by atomic mass is 16.5. The largest absolute Gasteiger partial charge is 0.374 e. The summed E-state index contributed by atoms with van der Waals surface area (Å²) >= 11 is 0. The molecule has 0 bridgehead atoms. The highest BCUT2D eigenvalue weighted by molar-refractivity contribution is 5.96. The molecule has 1 N–H and O–H groups in total. The lowest BCUT2D eigenvalue weighted by Crippen LogP contribution is -2.48. The number of hydrogen-bond donors (Lipinski definition) is 1. The molecule has 27 heavy (non-hydrogen) atoms. The van der Waals surface area contributed by atoms with Crippen LogP contribution < -0.4 is 10.2 Å². The Bertz CT molecular complexity index is 645. The molecule has 2 heterocycles. The van der Waals surface area contributed by atoms with Gasteiger partial charge in [0.25, 0.3) is 5.91 Å². The first-order chi connectivity index (χ1) is 13.0. The van der Waals surface area contributed by atoms with E-state index in [2.05, 4.69) is 24.1 Å². The molecule has 3 rings (SSSR count). The van der Waals surface area contributed by atoms with Crippen molar-refractivity contribution >= 4 is 17.5 Å². The molecule has 0 radical (unpaired) electrons. The molecule has 2 amide bonds. The molecule has 1 aromatic rings. The van der Waals surface area contributed by atoms with Gasteiger partial charge in [0.15, 0.2) is 0 Å². The molecule has 0 saturated carbocycles. The van der Waals surface area contributed by atoms with E-state index in [1.165, 1.54) is 0 Å². The molecule has 2 aliphatic heterocycles. The van der Waals surface area contributed by atoms with Gasteiger partial charge in [-0.15, -0.1) is 0 Å². The number of anilines is 1. The van der Waals surface area contributed by atoms with Crippen LogP contribution in [0.4, 0.5) is 5.69 Å². The lowest BCUT2D eigenvalue weighted by Gasteiger charge is -2.34. The molecule has 2 fully saturated rings. The highest BCUT2D eigenvalue weighted by Crippen LogP contribution is 2.21. The third-order valence-corrected chi connectivity index (χ3v) is 5.10. The van der Waals surface area contributed by atoms with Crippen LogP contribution in [0.1, 0.15) is 43.5 Å². The number of nitrogens with zero attached hydrogens (tertiary/aromatic N) is 2. The number of carbonyl (C=O) groups is 2. The van der Waals surface area contributed by atoms with Crippen LogP contribution in [0.3, 0.4) is 0 Å². The Balaban J connectivity index is 1.50. The first-order valence-corrected chi connectivity index (χ1v) is 10.1. The van der Waals surface area contributed by atoms with E-state index in [0.29, 0.717) is 31.1 Å². The van der Waals surface area contributed by atoms with Gasteiger partial charge in [-0.2, -0.15) is 0 Å². The Hall–Kier alpha value is -1.92. The fourth-order valence-corrected chi connectivity index (χ4v) is 3.77. The number of benzene rings is 1. The van der Waals surface area contributed by atoms with Crippen molar-refractivity contribution in [2.24, 2.45) is 5.92 Å². The average Bonchev–Trinajstić information content (AvgIpc) is 2.66. The topological polar surface area (TPSA) is 61.9 Å². The van der Waals surface area contributed by atoms with Gasteiger partial charge in [-0.05, 0) is 43.0 Å². The second-order valence-corrected chi connectivity index (χ2v) is 7.91. The van der Waals surface area contributed by atoms with E-state index >= 15 is 0 Å². The summed E-state index contributed by atoms with van der Waals surface area (Å²) in [6.45, 7) is 9.29. The monoisotopic (exact) mass is 373 g/mol. The van der Waals surface area contributed by atoms with Crippen LogP contribution in [0.25, 0.3) is 0 Å². The number of nitrogens with one attached hydrogen (secondary N) is 1. The van der Waals surface area contributed by atoms with E-state index in [-0.39, 0.29) is 17.9 Å². The molecule has 0 aliphatic carbocycles. The SMILES string of the molecule is CC(C)CN1CCOC(CNC(=O)c2ccc(N3CCCCC3=O)cc2)C1. The van der Waals surface area contributed by atoms with Crippen LogP contribution >= 0.6 is 0 Å². The van der Waals surface area contributed by atoms with Crippen molar-refractivity contribution in [1.29, 1.82) is 0 Å². The van der Waals surface area contributed by atoms with Crippen molar-refractivity contribution in [2.45, 2.75) is 39.2 Å². The Morgan fingerprint density at radius 3 is 2.70 bits per heavy atom. The predicted molar refractivity (Wildman–Crippen MR) is 106 cm³/mol. The van der Waals surface area contributed by atoms with Gasteiger partial charge in [-0.3, -0.25) is 14.5 Å². The minimum Gasteiger partial charge on any atom is -0.374 e. The molecule has 148 valence electrons. The predicted octanol–water partition coefficient (Wildman–Crippen LogP) is 2.29. The first-order valence-electron chi connectivity index (χ1n) is 10.1. The normalized spacial score (nSPS) is 21.5. The number of amides is 2. The van der Waals surface area contributed by atoms with Gasteiger partial charge in [-0.1, -0.05) is 13.8 Å². The van der Waals surface area contributed by atoms with E-state index in [0.717, 1.165) is 44.7 Å². The summed E-state index contributed by atoms with van der Waals surface area (Å²) < 4.78 is 5.79. The zero-order chi connectivity index (χ0) is 19.2. The molecular weight excluding hydrogens is 342 g/mol. The van der Waals surface area contributed by atoms with Crippen LogP contribution in [0, 0.1) is 5.92 Å². The maximum Gasteiger partial charge on any atom is 0.251 e. The van der Waals surface area contributed by atoms with Gasteiger partial charge < -0.3 is 15.0 Å². The van der Waals surface area contributed by atoms with Gasteiger partial charge >= 0.3 is 0 Å². The molecular formula is C21H31N3O3. The maximum absolute atomic E-state index is 12.4. The lowest BCUT2D eigenvalue weighted by atomic mass is 10.1. The van der Waals surface area contributed by atoms with Crippen molar-refractivity contribution in [3.05, 3.63) is 29.8 Å². The number of carbonyl (C=O) groups excluding carboxylic acids is 2. The second kappa shape index (κ2) is 9.33. The van der Waals surface area contributed by atoms with Crippen molar-refractivity contribution in [3.8, 4) is 0 Å². The fourth-order valence-electron chi connectivity index (χ4n) is 3.77. The molecule has 2 saturated heterocycles. The summed E-state index contributed by atoms with van der Waals surface area (Å²) in [6.07, 6.45) is 2.64. The van der Waals surface area contributed by atoms with Gasteiger partial charge in [0.05, 0.1) is 12.7 Å². The van der Waals surface area contributed by atoms with Crippen molar-refractivity contribution in [2.75, 3.05) is 44.2 Å². The first kappa shape index (κ1) is 19.8. The summed E-state index contributed by atoms with van der Waals surface area (Å²) in [5.41, 5.74) is 1.48. The highest BCUT2D eigenvalue weighted by Gasteiger charge is 2.22. The summed E-state index contributed by atoms with van der Waals surface area (Å²) in [5.74, 6) is 0.693. The molecule has 6 nitrogen and oxygen atoms in total. The lowest BCUT2D eigenvalue weighted by molar-refractivity contribution is -0.119. The van der Waals surface area contributed by atoms with Crippen LogP contribution in [-0.4, -0.2) is 62.1 Å². The molecule has 1 aromatic carbocycles. The number of ether oxygens (including phenoxy) is 1. The molecule has 1 unspecified atom stereocenters. The van der Waals surface area contributed by atoms with E-state index in [9.17, 15) is 9.59 Å². The van der Waals surface area contributed by atoms with E-state index in [4.69, 9.17) is 4.74 Å². The average molecular weight is 373 g/mol. The zero-order valence-electron chi connectivity index (χ0n) is 16.4. The van der Waals surface area contributed by atoms with Crippen molar-refractivity contribution < 1.29 is 14.3 Å². The van der Waals surface area contributed by atoms with Crippen molar-refractivity contribution in [3.63, 3.8) is 0 Å². The third-order valence-electron chi connectivity index (χ3n) is 5.10. The summed E-state index contributed by atoms with van der Waals surface area (Å²) in [4.78, 5) is 28.7. The molecule has 2 aliphatic rings. The Morgan fingerprint density at radius 1 is 1.22 bits per heavy atom. The third kappa shape index (κ3) is 5.53. The van der Waals surface area contributed by atoms with Crippen molar-refractivity contribution in [1.82, 2.24) is 10.2 Å². The molecule has 0 aromatic heterocycles. The Labute approximate surface area is 161 Å². The summed E-state index contributed by atoms with van der Waals surface area (Å²) in [5, 5.41) is 2.98. The zero-order valence-corrected chi connectivity index (χ0v) is 16.4. The standard InChI is InChI=1S/C21H31N3O3/c1-16(2)14-23-11-12-27-19(15-23)13-22-21(26)17-6-8-18(9-7-17)24-10-4-3-5-20(24)25/h6-9,16,19H,3-5,10-15H2,1-2H3,(H,22,26). The van der Waals surface area contributed by atoms with Gasteiger partial charge in [-0.25, -0.2) is 0 Å². The number of morpholine rings is 1. The quantitative estimate of drug-likeness (QED) is 0.831. The Morgan fingerprint density at radius 2 is 2.00 bits per heavy atom. The van der Waals surface area contributed by atoms with Gasteiger partial charge in [0.1, 0.15) is 0 Å². The maximum atomic E-state index is 12.4. The van der Waals surface area contributed by atoms with E-state index < -0.39 is 0 Å². The molecule has 6 heteroatoms. The van der Waals surface area contributed by atoms with Crippen LogP contribution in [-0.2, 0) is 9.53 Å². The smallest absolute Gasteiger partial charge is 0.251 e. The summed E-state index contributed by atoms with van der Waals surface area (Å²) in [6, 6.07) is 7.30. The minimum absolute atomic E-state index is 0.0340. The number of rotatable bonds is 6. The van der Waals surface area contributed by atoms with E-state index in [1.807, 2.05) is 17.0 Å². The molecule has 0 spiro atoms. The van der Waals surface area contributed by atoms with Crippen LogP contribution in [0.5, 0.6) is 0 Å². The van der Waals surface area contributed by atoms with E-state index in [1.54, 1.807) is 12.1 Å². The van der Waals surface area contributed by atoms with Gasteiger partial charge in [0, 0.05) is 50.4 Å². The second-order valence-electron chi connectivity index (χ2n) is 7.91. The summed E-state index contributed by atoms with van der Waals surface area (Å²) in [7, 11) is 0. The minimum atomic E-state index is -0.101. The van der Waals surface area contributed by atoms with Crippen LogP contribution in [0.2, 0.25) is 0 Å². The molecule has 1 atom stereocenters. The number of piperidine rings is 1. The Kier molecular flexibility index (Phi) is 6.85. The fraction of sp³-hybridized carbons (Fsp3) is 0.619. The van der Waals surface area contributed by atoms with Crippen LogP contribution in [0.15, 0.2) is 24.3 Å².